The molecule has 4 heterocycles. The van der Waals surface area contributed by atoms with Crippen molar-refractivity contribution in [1.29, 1.82) is 0 Å². The minimum atomic E-state index is -0.00279. The van der Waals surface area contributed by atoms with Gasteiger partial charge in [0.15, 0.2) is 0 Å². The molecule has 0 bridgehead atoms. The number of hydrogen-bond donors (Lipinski definition) is 0. The molecule has 0 atom stereocenters. The predicted octanol–water partition coefficient (Wildman–Crippen LogP) is 1.73. The molecular formula is C16H18N4OS. The Hall–Kier alpha value is -1.79. The van der Waals surface area contributed by atoms with Gasteiger partial charge in [-0.25, -0.2) is 4.98 Å². The second-order valence-electron chi connectivity index (χ2n) is 6.00. The van der Waals surface area contributed by atoms with Gasteiger partial charge in [-0.15, -0.1) is 11.3 Å². The molecule has 1 fully saturated rings. The Morgan fingerprint density at radius 3 is 2.95 bits per heavy atom. The number of rotatable bonds is 2. The van der Waals surface area contributed by atoms with E-state index in [9.17, 15) is 4.79 Å². The quantitative estimate of drug-likeness (QED) is 0.847. The third kappa shape index (κ3) is 2.42. The monoisotopic (exact) mass is 314 g/mol. The molecule has 0 aromatic carbocycles. The molecule has 0 N–H and O–H groups in total. The molecule has 0 saturated carbocycles. The van der Waals surface area contributed by atoms with Crippen molar-refractivity contribution in [1.82, 2.24) is 19.8 Å². The largest absolute Gasteiger partial charge is 0.334 e. The molecule has 0 aliphatic carbocycles. The van der Waals surface area contributed by atoms with Gasteiger partial charge >= 0.3 is 0 Å². The minimum Gasteiger partial charge on any atom is -0.334 e. The van der Waals surface area contributed by atoms with Crippen LogP contribution in [0.5, 0.6) is 0 Å². The maximum atomic E-state index is 12.3. The second kappa shape index (κ2) is 5.44. The third-order valence-electron chi connectivity index (χ3n) is 4.50. The van der Waals surface area contributed by atoms with Crippen LogP contribution in [-0.2, 0) is 13.0 Å². The van der Waals surface area contributed by atoms with Gasteiger partial charge in [0.25, 0.3) is 5.91 Å². The van der Waals surface area contributed by atoms with Crippen molar-refractivity contribution in [3.05, 3.63) is 45.7 Å². The van der Waals surface area contributed by atoms with E-state index in [1.165, 1.54) is 10.4 Å². The van der Waals surface area contributed by atoms with Gasteiger partial charge in [-0.1, -0.05) is 0 Å². The summed E-state index contributed by atoms with van der Waals surface area (Å²) in [6.45, 7) is 5.60. The fraction of sp³-hybridized carbons (Fsp3) is 0.438. The highest BCUT2D eigenvalue weighted by Gasteiger charge is 2.36. The highest BCUT2D eigenvalue weighted by molar-refractivity contribution is 7.10. The zero-order valence-electron chi connectivity index (χ0n) is 12.5. The Balaban J connectivity index is 1.36. The Morgan fingerprint density at radius 2 is 2.18 bits per heavy atom. The van der Waals surface area contributed by atoms with E-state index in [-0.39, 0.29) is 5.91 Å². The Bertz CT molecular complexity index is 690. The lowest BCUT2D eigenvalue weighted by atomic mass is 10.0. The molecular weight excluding hydrogens is 296 g/mol. The molecule has 0 unspecified atom stereocenters. The predicted molar refractivity (Wildman–Crippen MR) is 84.9 cm³/mol. The zero-order chi connectivity index (χ0) is 15.1. The molecule has 0 spiro atoms. The van der Waals surface area contributed by atoms with Gasteiger partial charge in [-0.3, -0.25) is 14.7 Å². The molecule has 0 radical (unpaired) electrons. The van der Waals surface area contributed by atoms with Gasteiger partial charge in [-0.05, 0) is 30.4 Å². The highest BCUT2D eigenvalue weighted by atomic mass is 32.1. The van der Waals surface area contributed by atoms with Crippen LogP contribution in [0.1, 0.15) is 26.6 Å². The smallest absolute Gasteiger partial charge is 0.274 e. The van der Waals surface area contributed by atoms with E-state index in [0.29, 0.717) is 11.7 Å². The summed E-state index contributed by atoms with van der Waals surface area (Å²) in [5, 5.41) is 2.18. The lowest BCUT2D eigenvalue weighted by Crippen LogP contribution is -2.61. The molecule has 6 heteroatoms. The van der Waals surface area contributed by atoms with Crippen LogP contribution in [0.25, 0.3) is 0 Å². The first-order valence-corrected chi connectivity index (χ1v) is 8.46. The van der Waals surface area contributed by atoms with E-state index < -0.39 is 0 Å². The van der Waals surface area contributed by atoms with Crippen LogP contribution >= 0.6 is 11.3 Å². The number of aromatic nitrogens is 2. The number of thiophene rings is 1. The van der Waals surface area contributed by atoms with E-state index in [1.807, 2.05) is 23.2 Å². The number of hydrogen-bond acceptors (Lipinski definition) is 5. The number of carbonyl (C=O) groups excluding carboxylic acids is 1. The molecule has 1 saturated heterocycles. The highest BCUT2D eigenvalue weighted by Crippen LogP contribution is 2.28. The number of carbonyl (C=O) groups is 1. The molecule has 2 aliphatic heterocycles. The minimum absolute atomic E-state index is 0.00279. The fourth-order valence-corrected chi connectivity index (χ4v) is 3.99. The SMILES string of the molecule is Cc1cnc(C(=O)N2CC(N3CCc4sccc4C3)C2)cn1. The number of nitrogens with zero attached hydrogens (tertiary/aromatic N) is 4. The lowest BCUT2D eigenvalue weighted by Gasteiger charge is -2.46. The molecule has 5 nitrogen and oxygen atoms in total. The van der Waals surface area contributed by atoms with Crippen LogP contribution in [0, 0.1) is 6.92 Å². The van der Waals surface area contributed by atoms with Crippen LogP contribution in [0.15, 0.2) is 23.8 Å². The summed E-state index contributed by atoms with van der Waals surface area (Å²) < 4.78 is 0. The van der Waals surface area contributed by atoms with E-state index in [0.717, 1.165) is 38.3 Å². The van der Waals surface area contributed by atoms with E-state index >= 15 is 0 Å². The van der Waals surface area contributed by atoms with Gasteiger partial charge in [0.2, 0.25) is 0 Å². The lowest BCUT2D eigenvalue weighted by molar-refractivity contribution is 0.0216. The summed E-state index contributed by atoms with van der Waals surface area (Å²) in [7, 11) is 0. The van der Waals surface area contributed by atoms with Crippen molar-refractivity contribution in [3.8, 4) is 0 Å². The maximum absolute atomic E-state index is 12.3. The fourth-order valence-electron chi connectivity index (χ4n) is 3.10. The summed E-state index contributed by atoms with van der Waals surface area (Å²) in [5.74, 6) is -0.00279. The number of fused-ring (bicyclic) bond motifs is 1. The van der Waals surface area contributed by atoms with Crippen molar-refractivity contribution in [2.24, 2.45) is 0 Å². The molecule has 2 aromatic heterocycles. The first-order valence-electron chi connectivity index (χ1n) is 7.58. The first kappa shape index (κ1) is 13.8. The summed E-state index contributed by atoms with van der Waals surface area (Å²) in [6.07, 6.45) is 4.36. The standard InChI is InChI=1S/C16H18N4OS/c1-11-6-18-14(7-17-11)16(21)20-9-13(10-20)19-4-2-15-12(8-19)3-5-22-15/h3,5-7,13H,2,4,8-10H2,1H3. The molecule has 114 valence electrons. The van der Waals surface area contributed by atoms with Crippen LogP contribution in [0.2, 0.25) is 0 Å². The van der Waals surface area contributed by atoms with Crippen molar-refractivity contribution in [3.63, 3.8) is 0 Å². The average Bonchev–Trinajstić information content (AvgIpc) is 2.94. The van der Waals surface area contributed by atoms with Gasteiger partial charge in [0.1, 0.15) is 5.69 Å². The second-order valence-corrected chi connectivity index (χ2v) is 7.00. The number of aryl methyl sites for hydroxylation is 1. The normalized spacial score (nSPS) is 18.9. The summed E-state index contributed by atoms with van der Waals surface area (Å²) in [4.78, 5) is 26.5. The molecule has 2 aliphatic rings. The van der Waals surface area contributed by atoms with E-state index in [2.05, 4.69) is 26.3 Å². The van der Waals surface area contributed by atoms with Crippen LogP contribution < -0.4 is 0 Å². The van der Waals surface area contributed by atoms with Gasteiger partial charge in [0.05, 0.1) is 11.9 Å². The summed E-state index contributed by atoms with van der Waals surface area (Å²) >= 11 is 1.86. The molecule has 4 rings (SSSR count). The van der Waals surface area contributed by atoms with Crippen molar-refractivity contribution in [2.45, 2.75) is 25.9 Å². The van der Waals surface area contributed by atoms with Crippen molar-refractivity contribution >= 4 is 17.2 Å². The summed E-state index contributed by atoms with van der Waals surface area (Å²) in [6, 6.07) is 2.71. The number of amides is 1. The Kier molecular flexibility index (Phi) is 3.43. The van der Waals surface area contributed by atoms with Gasteiger partial charge in [0, 0.05) is 43.3 Å². The molecule has 1 amide bonds. The topological polar surface area (TPSA) is 49.3 Å². The van der Waals surface area contributed by atoms with Crippen LogP contribution in [-0.4, -0.2) is 51.4 Å². The van der Waals surface area contributed by atoms with E-state index in [4.69, 9.17) is 0 Å². The average molecular weight is 314 g/mol. The van der Waals surface area contributed by atoms with Crippen LogP contribution in [0.3, 0.4) is 0 Å². The van der Waals surface area contributed by atoms with Gasteiger partial charge in [-0.2, -0.15) is 0 Å². The van der Waals surface area contributed by atoms with E-state index in [1.54, 1.807) is 12.4 Å². The van der Waals surface area contributed by atoms with Crippen molar-refractivity contribution < 1.29 is 4.79 Å². The van der Waals surface area contributed by atoms with Crippen molar-refractivity contribution in [2.75, 3.05) is 19.6 Å². The Labute approximate surface area is 133 Å². The summed E-state index contributed by atoms with van der Waals surface area (Å²) in [5.41, 5.74) is 2.74. The third-order valence-corrected chi connectivity index (χ3v) is 5.53. The van der Waals surface area contributed by atoms with Crippen LogP contribution in [0.4, 0.5) is 0 Å². The molecule has 2 aromatic rings. The first-order chi connectivity index (χ1) is 10.7. The van der Waals surface area contributed by atoms with Gasteiger partial charge < -0.3 is 4.90 Å². The molecule has 22 heavy (non-hydrogen) atoms. The number of likely N-dealkylation sites (tertiary alicyclic amines) is 1. The zero-order valence-corrected chi connectivity index (χ0v) is 13.3. The Morgan fingerprint density at radius 1 is 1.32 bits per heavy atom. The maximum Gasteiger partial charge on any atom is 0.274 e.